The highest BCUT2D eigenvalue weighted by molar-refractivity contribution is 5.43. The molecular weight excluding hydrogens is 264 g/mol. The van der Waals surface area contributed by atoms with Gasteiger partial charge in [-0.2, -0.15) is 0 Å². The van der Waals surface area contributed by atoms with Crippen LogP contribution in [0.25, 0.3) is 0 Å². The second-order valence-corrected chi connectivity index (χ2v) is 5.84. The van der Waals surface area contributed by atoms with Crippen LogP contribution in [0, 0.1) is 0 Å². The van der Waals surface area contributed by atoms with Crippen LogP contribution < -0.4 is 15.2 Å². The van der Waals surface area contributed by atoms with Crippen molar-refractivity contribution < 1.29 is 9.47 Å². The van der Waals surface area contributed by atoms with Crippen molar-refractivity contribution in [2.75, 3.05) is 34.4 Å². The van der Waals surface area contributed by atoms with E-state index in [0.717, 1.165) is 24.5 Å². The van der Waals surface area contributed by atoms with Gasteiger partial charge in [-0.25, -0.2) is 0 Å². The number of benzene rings is 1. The molecule has 1 unspecified atom stereocenters. The summed E-state index contributed by atoms with van der Waals surface area (Å²) in [6.45, 7) is 6.13. The van der Waals surface area contributed by atoms with Crippen molar-refractivity contribution in [2.45, 2.75) is 38.6 Å². The maximum Gasteiger partial charge on any atom is 0.160 e. The molecule has 0 amide bonds. The molecule has 0 aliphatic carbocycles. The lowest BCUT2D eigenvalue weighted by Gasteiger charge is -2.38. The average Bonchev–Trinajstić information content (AvgIpc) is 2.52. The zero-order chi connectivity index (χ0) is 15.9. The largest absolute Gasteiger partial charge is 0.493 e. The van der Waals surface area contributed by atoms with E-state index in [2.05, 4.69) is 31.9 Å². The third kappa shape index (κ3) is 4.61. The Kier molecular flexibility index (Phi) is 6.99. The molecule has 0 aliphatic heterocycles. The first kappa shape index (κ1) is 17.8. The fourth-order valence-corrected chi connectivity index (χ4v) is 2.46. The summed E-state index contributed by atoms with van der Waals surface area (Å²) in [6.07, 6.45) is 3.28. The number of unbranched alkanes of at least 4 members (excludes halogenated alkanes) is 1. The Balaban J connectivity index is 2.89. The van der Waals surface area contributed by atoms with Crippen molar-refractivity contribution in [1.82, 2.24) is 4.90 Å². The summed E-state index contributed by atoms with van der Waals surface area (Å²) in [6, 6.07) is 6.08. The molecule has 4 nitrogen and oxygen atoms in total. The fraction of sp³-hybridized carbons (Fsp3) is 0.647. The Morgan fingerprint density at radius 2 is 1.86 bits per heavy atom. The van der Waals surface area contributed by atoms with E-state index in [1.807, 2.05) is 12.1 Å². The monoisotopic (exact) mass is 294 g/mol. The van der Waals surface area contributed by atoms with Gasteiger partial charge in [0.25, 0.3) is 0 Å². The van der Waals surface area contributed by atoms with Crippen molar-refractivity contribution in [1.29, 1.82) is 0 Å². The molecule has 4 heteroatoms. The molecule has 0 spiro atoms. The predicted octanol–water partition coefficient (Wildman–Crippen LogP) is 2.70. The molecule has 21 heavy (non-hydrogen) atoms. The fourth-order valence-electron chi connectivity index (χ4n) is 2.46. The molecule has 0 saturated heterocycles. The Hall–Kier alpha value is -1.26. The molecule has 0 heterocycles. The van der Waals surface area contributed by atoms with Crippen LogP contribution in [-0.2, 0) is 6.42 Å². The molecule has 0 bridgehead atoms. The quantitative estimate of drug-likeness (QED) is 0.761. The van der Waals surface area contributed by atoms with E-state index < -0.39 is 0 Å². The highest BCUT2D eigenvalue weighted by Crippen LogP contribution is 2.30. The minimum absolute atomic E-state index is 0.0469. The van der Waals surface area contributed by atoms with Gasteiger partial charge in [-0.3, -0.25) is 4.90 Å². The van der Waals surface area contributed by atoms with Gasteiger partial charge < -0.3 is 15.2 Å². The van der Waals surface area contributed by atoms with Gasteiger partial charge in [0, 0.05) is 12.1 Å². The number of nitrogens with zero attached hydrogens (tertiary/aromatic N) is 1. The van der Waals surface area contributed by atoms with Gasteiger partial charge in [0.15, 0.2) is 11.5 Å². The molecule has 2 N–H and O–H groups in total. The highest BCUT2D eigenvalue weighted by Gasteiger charge is 2.28. The van der Waals surface area contributed by atoms with Gasteiger partial charge in [-0.15, -0.1) is 0 Å². The van der Waals surface area contributed by atoms with Crippen molar-refractivity contribution >= 4 is 0 Å². The van der Waals surface area contributed by atoms with Crippen LogP contribution in [0.15, 0.2) is 18.2 Å². The van der Waals surface area contributed by atoms with Crippen LogP contribution in [0.3, 0.4) is 0 Å². The molecule has 0 aromatic heterocycles. The third-order valence-electron chi connectivity index (χ3n) is 4.24. The van der Waals surface area contributed by atoms with E-state index in [4.69, 9.17) is 15.2 Å². The first-order valence-corrected chi connectivity index (χ1v) is 7.63. The molecule has 1 aromatic rings. The smallest absolute Gasteiger partial charge is 0.160 e. The van der Waals surface area contributed by atoms with Crippen LogP contribution in [0.2, 0.25) is 0 Å². The summed E-state index contributed by atoms with van der Waals surface area (Å²) < 4.78 is 10.7. The van der Waals surface area contributed by atoms with E-state index in [0.29, 0.717) is 6.54 Å². The lowest BCUT2D eigenvalue weighted by molar-refractivity contribution is 0.142. The summed E-state index contributed by atoms with van der Waals surface area (Å²) in [5.41, 5.74) is 7.22. The number of methoxy groups -OCH3 is 2. The summed E-state index contributed by atoms with van der Waals surface area (Å²) in [5.74, 6) is 1.53. The standard InChI is InChI=1S/C17H30N2O2/c1-6-7-10-19(3)17(2,13-18)12-14-8-9-15(20-4)16(11-14)21-5/h8-9,11H,6-7,10,12-13,18H2,1-5H3. The van der Waals surface area contributed by atoms with Gasteiger partial charge in [0.1, 0.15) is 0 Å². The van der Waals surface area contributed by atoms with E-state index in [1.54, 1.807) is 14.2 Å². The first-order chi connectivity index (χ1) is 10.0. The lowest BCUT2D eigenvalue weighted by atomic mass is 9.90. The van der Waals surface area contributed by atoms with Crippen LogP contribution in [0.4, 0.5) is 0 Å². The molecule has 0 aliphatic rings. The first-order valence-electron chi connectivity index (χ1n) is 7.63. The Morgan fingerprint density at radius 1 is 1.19 bits per heavy atom. The number of hydrogen-bond donors (Lipinski definition) is 1. The summed E-state index contributed by atoms with van der Waals surface area (Å²) in [7, 11) is 5.47. The van der Waals surface area contributed by atoms with Crippen molar-refractivity contribution in [3.8, 4) is 11.5 Å². The van der Waals surface area contributed by atoms with Crippen molar-refractivity contribution in [2.24, 2.45) is 5.73 Å². The zero-order valence-corrected chi connectivity index (χ0v) is 14.1. The van der Waals surface area contributed by atoms with E-state index >= 15 is 0 Å². The molecule has 1 aromatic carbocycles. The number of ether oxygens (including phenoxy) is 2. The number of rotatable bonds is 9. The molecule has 0 fully saturated rings. The van der Waals surface area contributed by atoms with Crippen molar-refractivity contribution in [3.05, 3.63) is 23.8 Å². The van der Waals surface area contributed by atoms with Crippen LogP contribution in [-0.4, -0.2) is 44.8 Å². The average molecular weight is 294 g/mol. The SMILES string of the molecule is CCCCN(C)C(C)(CN)Cc1ccc(OC)c(OC)c1. The molecule has 0 saturated carbocycles. The Bertz CT molecular complexity index is 437. The summed E-state index contributed by atoms with van der Waals surface area (Å²) in [5, 5.41) is 0. The van der Waals surface area contributed by atoms with Gasteiger partial charge in [0.2, 0.25) is 0 Å². The topological polar surface area (TPSA) is 47.7 Å². The maximum absolute atomic E-state index is 6.06. The predicted molar refractivity (Wildman–Crippen MR) is 88.2 cm³/mol. The van der Waals surface area contributed by atoms with Crippen LogP contribution in [0.1, 0.15) is 32.3 Å². The zero-order valence-electron chi connectivity index (χ0n) is 14.1. The van der Waals surface area contributed by atoms with Crippen LogP contribution >= 0.6 is 0 Å². The Labute approximate surface area is 129 Å². The van der Waals surface area contributed by atoms with Crippen molar-refractivity contribution in [3.63, 3.8) is 0 Å². The number of likely N-dealkylation sites (N-methyl/N-ethyl adjacent to an activating group) is 1. The second-order valence-electron chi connectivity index (χ2n) is 5.84. The molecule has 0 radical (unpaired) electrons. The minimum Gasteiger partial charge on any atom is -0.493 e. The molecular formula is C17H30N2O2. The molecule has 1 rings (SSSR count). The van der Waals surface area contributed by atoms with Gasteiger partial charge in [0.05, 0.1) is 14.2 Å². The third-order valence-corrected chi connectivity index (χ3v) is 4.24. The van der Waals surface area contributed by atoms with Gasteiger partial charge in [-0.1, -0.05) is 19.4 Å². The second kappa shape index (κ2) is 8.25. The van der Waals surface area contributed by atoms with Gasteiger partial charge >= 0.3 is 0 Å². The maximum atomic E-state index is 6.06. The highest BCUT2D eigenvalue weighted by atomic mass is 16.5. The molecule has 120 valence electrons. The number of hydrogen-bond acceptors (Lipinski definition) is 4. The van der Waals surface area contributed by atoms with Crippen LogP contribution in [0.5, 0.6) is 11.5 Å². The summed E-state index contributed by atoms with van der Waals surface area (Å²) in [4.78, 5) is 2.37. The Morgan fingerprint density at radius 3 is 2.38 bits per heavy atom. The normalized spacial score (nSPS) is 14.0. The van der Waals surface area contributed by atoms with E-state index in [1.165, 1.54) is 18.4 Å². The lowest BCUT2D eigenvalue weighted by Crippen LogP contribution is -2.51. The molecule has 1 atom stereocenters. The van der Waals surface area contributed by atoms with E-state index in [9.17, 15) is 0 Å². The number of nitrogens with two attached hydrogens (primary N) is 1. The minimum atomic E-state index is -0.0469. The van der Waals surface area contributed by atoms with E-state index in [-0.39, 0.29) is 5.54 Å². The van der Waals surface area contributed by atoms with Gasteiger partial charge in [-0.05, 0) is 51.1 Å². The summed E-state index contributed by atoms with van der Waals surface area (Å²) >= 11 is 0.